The predicted molar refractivity (Wildman–Crippen MR) is 112 cm³/mol. The number of carbonyl (C=O) groups excluding carboxylic acids is 1. The van der Waals surface area contributed by atoms with Gasteiger partial charge in [-0.3, -0.25) is 9.48 Å². The van der Waals surface area contributed by atoms with E-state index in [0.29, 0.717) is 46.3 Å². The van der Waals surface area contributed by atoms with Crippen molar-refractivity contribution in [3.63, 3.8) is 0 Å². The van der Waals surface area contributed by atoms with Gasteiger partial charge in [0.15, 0.2) is 11.5 Å². The molecule has 1 aromatic heterocycles. The van der Waals surface area contributed by atoms with Gasteiger partial charge in [-0.2, -0.15) is 10.4 Å². The molecule has 0 bridgehead atoms. The van der Waals surface area contributed by atoms with Crippen molar-refractivity contribution in [2.45, 2.75) is 13.0 Å². The predicted octanol–water partition coefficient (Wildman–Crippen LogP) is 3.74. The van der Waals surface area contributed by atoms with Gasteiger partial charge in [0, 0.05) is 11.8 Å². The quantitative estimate of drug-likeness (QED) is 0.612. The highest BCUT2D eigenvalue weighted by Gasteiger charge is 2.20. The van der Waals surface area contributed by atoms with Crippen molar-refractivity contribution in [2.75, 3.05) is 26.6 Å². The number of hydrogen-bond acceptors (Lipinski definition) is 6. The Kier molecular flexibility index (Phi) is 6.55. The number of aryl methyl sites for hydroxylation is 1. The molecular formula is C22H22N4O4. The zero-order valence-corrected chi connectivity index (χ0v) is 17.0. The highest BCUT2D eigenvalue weighted by atomic mass is 16.5. The first kappa shape index (κ1) is 20.7. The van der Waals surface area contributed by atoms with Gasteiger partial charge in [-0.25, -0.2) is 0 Å². The molecule has 0 saturated carbocycles. The molecule has 1 amide bonds. The molecule has 0 spiro atoms. The van der Waals surface area contributed by atoms with Gasteiger partial charge in [0.2, 0.25) is 0 Å². The molecule has 0 aliphatic heterocycles. The van der Waals surface area contributed by atoms with Gasteiger partial charge in [-0.1, -0.05) is 12.1 Å². The molecule has 30 heavy (non-hydrogen) atoms. The van der Waals surface area contributed by atoms with Crippen molar-refractivity contribution in [1.29, 1.82) is 5.26 Å². The summed E-state index contributed by atoms with van der Waals surface area (Å²) in [6, 6.07) is 14.6. The van der Waals surface area contributed by atoms with Crippen LogP contribution in [0.5, 0.6) is 17.2 Å². The second-order valence-electron chi connectivity index (χ2n) is 6.29. The summed E-state index contributed by atoms with van der Waals surface area (Å²) in [5.41, 5.74) is 2.08. The number of nitriles is 1. The van der Waals surface area contributed by atoms with E-state index in [-0.39, 0.29) is 12.3 Å². The number of ether oxygens (including phenoxy) is 3. The number of nitrogens with zero attached hydrogens (tertiary/aromatic N) is 3. The fourth-order valence-corrected chi connectivity index (χ4v) is 3.00. The van der Waals surface area contributed by atoms with E-state index in [2.05, 4.69) is 16.5 Å². The Morgan fingerprint density at radius 3 is 2.50 bits per heavy atom. The summed E-state index contributed by atoms with van der Waals surface area (Å²) in [4.78, 5) is 13.1. The lowest BCUT2D eigenvalue weighted by Crippen LogP contribution is -2.13. The van der Waals surface area contributed by atoms with Crippen LogP contribution in [0.15, 0.2) is 48.7 Å². The smallest absolute Gasteiger partial charge is 0.259 e. The van der Waals surface area contributed by atoms with Crippen molar-refractivity contribution >= 4 is 11.6 Å². The number of nitrogens with one attached hydrogen (secondary N) is 1. The molecule has 3 rings (SSSR count). The first-order chi connectivity index (χ1) is 14.6. The minimum absolute atomic E-state index is 0.278. The molecule has 3 aromatic rings. The monoisotopic (exact) mass is 406 g/mol. The van der Waals surface area contributed by atoms with Gasteiger partial charge >= 0.3 is 0 Å². The second kappa shape index (κ2) is 9.47. The van der Waals surface area contributed by atoms with E-state index in [4.69, 9.17) is 19.5 Å². The van der Waals surface area contributed by atoms with Crippen LogP contribution in [0.1, 0.15) is 16.8 Å². The molecule has 0 radical (unpaired) electrons. The Hall–Kier alpha value is -3.99. The van der Waals surface area contributed by atoms with E-state index >= 15 is 0 Å². The zero-order valence-electron chi connectivity index (χ0n) is 17.0. The van der Waals surface area contributed by atoms with Crippen molar-refractivity contribution in [2.24, 2.45) is 0 Å². The Bertz CT molecular complexity index is 1080. The van der Waals surface area contributed by atoms with E-state index in [1.165, 1.54) is 0 Å². The molecule has 1 N–H and O–H groups in total. The molecule has 1 heterocycles. The summed E-state index contributed by atoms with van der Waals surface area (Å²) in [6.07, 6.45) is 1.91. The fraction of sp³-hybridized carbons (Fsp3) is 0.227. The minimum Gasteiger partial charge on any atom is -0.495 e. The highest BCUT2D eigenvalue weighted by molar-refractivity contribution is 6.08. The van der Waals surface area contributed by atoms with Crippen molar-refractivity contribution in [1.82, 2.24) is 9.78 Å². The summed E-state index contributed by atoms with van der Waals surface area (Å²) in [5.74, 6) is 1.31. The topological polar surface area (TPSA) is 98.4 Å². The third kappa shape index (κ3) is 4.36. The maximum atomic E-state index is 13.1. The van der Waals surface area contributed by atoms with Crippen LogP contribution in [-0.4, -0.2) is 37.0 Å². The number of carbonyl (C=O) groups is 1. The molecule has 8 nitrogen and oxygen atoms in total. The number of aromatic nitrogens is 2. The van der Waals surface area contributed by atoms with Gasteiger partial charge in [0.25, 0.3) is 5.91 Å². The van der Waals surface area contributed by atoms with E-state index in [1.54, 1.807) is 62.5 Å². The number of benzene rings is 2. The molecule has 0 aliphatic carbocycles. The summed E-state index contributed by atoms with van der Waals surface area (Å²) in [5, 5.41) is 16.3. The third-order valence-electron chi connectivity index (χ3n) is 4.47. The lowest BCUT2D eigenvalue weighted by atomic mass is 10.1. The molecule has 154 valence electrons. The number of rotatable bonds is 8. The van der Waals surface area contributed by atoms with Crippen LogP contribution in [0, 0.1) is 11.3 Å². The SMILES string of the molecule is COc1ccccc1NC(=O)c1cn(CCC#N)nc1-c1ccc(OC)c(OC)c1. The average Bonchev–Trinajstić information content (AvgIpc) is 3.22. The number of anilines is 1. The lowest BCUT2D eigenvalue weighted by molar-refractivity contribution is 0.102. The van der Waals surface area contributed by atoms with Crippen LogP contribution in [0.3, 0.4) is 0 Å². The Balaban J connectivity index is 2.02. The lowest BCUT2D eigenvalue weighted by Gasteiger charge is -2.11. The number of hydrogen-bond donors (Lipinski definition) is 1. The number of para-hydroxylation sites is 2. The average molecular weight is 406 g/mol. The Labute approximate surface area is 174 Å². The maximum absolute atomic E-state index is 13.1. The van der Waals surface area contributed by atoms with Crippen molar-refractivity contribution in [3.05, 3.63) is 54.2 Å². The van der Waals surface area contributed by atoms with E-state index < -0.39 is 0 Å². The van der Waals surface area contributed by atoms with Gasteiger partial charge < -0.3 is 19.5 Å². The van der Waals surface area contributed by atoms with Crippen LogP contribution in [-0.2, 0) is 6.54 Å². The van der Waals surface area contributed by atoms with E-state index in [0.717, 1.165) is 0 Å². The van der Waals surface area contributed by atoms with E-state index in [1.807, 2.05) is 12.1 Å². The van der Waals surface area contributed by atoms with Crippen LogP contribution in [0.25, 0.3) is 11.3 Å². The molecule has 2 aromatic carbocycles. The van der Waals surface area contributed by atoms with Gasteiger partial charge in [-0.15, -0.1) is 0 Å². The van der Waals surface area contributed by atoms with Crippen LogP contribution in [0.2, 0.25) is 0 Å². The molecule has 0 saturated heterocycles. The molecule has 0 atom stereocenters. The largest absolute Gasteiger partial charge is 0.495 e. The highest BCUT2D eigenvalue weighted by Crippen LogP contribution is 2.33. The van der Waals surface area contributed by atoms with Crippen molar-refractivity contribution in [3.8, 4) is 34.6 Å². The van der Waals surface area contributed by atoms with E-state index in [9.17, 15) is 4.79 Å². The van der Waals surface area contributed by atoms with Crippen LogP contribution >= 0.6 is 0 Å². The zero-order chi connectivity index (χ0) is 21.5. The standard InChI is InChI=1S/C22H22N4O4/c1-28-18-8-5-4-7-17(18)24-22(27)16-14-26(12-6-11-23)25-21(16)15-9-10-19(29-2)20(13-15)30-3/h4-5,7-10,13-14H,6,12H2,1-3H3,(H,24,27). The number of amides is 1. The summed E-state index contributed by atoms with van der Waals surface area (Å²) >= 11 is 0. The van der Waals surface area contributed by atoms with Crippen molar-refractivity contribution < 1.29 is 19.0 Å². The molecule has 0 fully saturated rings. The first-order valence-corrected chi connectivity index (χ1v) is 9.22. The summed E-state index contributed by atoms with van der Waals surface area (Å²) in [6.45, 7) is 0.374. The van der Waals surface area contributed by atoms with Gasteiger partial charge in [-0.05, 0) is 30.3 Å². The normalized spacial score (nSPS) is 10.2. The minimum atomic E-state index is -0.340. The van der Waals surface area contributed by atoms with Gasteiger partial charge in [0.05, 0.1) is 51.6 Å². The molecule has 8 heteroatoms. The molecule has 0 aliphatic rings. The molecular weight excluding hydrogens is 384 g/mol. The van der Waals surface area contributed by atoms with Crippen LogP contribution in [0.4, 0.5) is 5.69 Å². The van der Waals surface area contributed by atoms with Gasteiger partial charge in [0.1, 0.15) is 11.4 Å². The third-order valence-corrected chi connectivity index (χ3v) is 4.47. The first-order valence-electron chi connectivity index (χ1n) is 9.22. The fourth-order valence-electron chi connectivity index (χ4n) is 3.00. The Morgan fingerprint density at radius 1 is 1.07 bits per heavy atom. The summed E-state index contributed by atoms with van der Waals surface area (Å²) in [7, 11) is 4.64. The summed E-state index contributed by atoms with van der Waals surface area (Å²) < 4.78 is 17.6. The molecule has 0 unspecified atom stereocenters. The second-order valence-corrected chi connectivity index (χ2v) is 6.29. The Morgan fingerprint density at radius 2 is 1.80 bits per heavy atom. The maximum Gasteiger partial charge on any atom is 0.259 e. The van der Waals surface area contributed by atoms with Crippen LogP contribution < -0.4 is 19.5 Å². The number of methoxy groups -OCH3 is 3.